The van der Waals surface area contributed by atoms with Gasteiger partial charge in [-0.25, -0.2) is 8.78 Å². The molecule has 1 amide bonds. The minimum absolute atomic E-state index is 0.157. The molecule has 3 rings (SSSR count). The standard InChI is InChI=1S/C23H28F2N2O/c1-27(2)22(17-6-4-3-5-7-17)18-10-8-16(9-11-18)15-26-23(28)19-12-13-20(24)21(25)14-19/h3-7,12-14,16,18,22H,8-11,15H2,1-2H3,(H,26,28). The molecule has 0 bridgehead atoms. The summed E-state index contributed by atoms with van der Waals surface area (Å²) in [7, 11) is 4.26. The van der Waals surface area contributed by atoms with Gasteiger partial charge in [-0.05, 0) is 75.4 Å². The van der Waals surface area contributed by atoms with Crippen molar-refractivity contribution in [3.05, 3.63) is 71.3 Å². The highest BCUT2D eigenvalue weighted by Gasteiger charge is 2.30. The number of benzene rings is 2. The van der Waals surface area contributed by atoms with Crippen LogP contribution < -0.4 is 5.32 Å². The first-order valence-electron chi connectivity index (χ1n) is 9.90. The van der Waals surface area contributed by atoms with Gasteiger partial charge in [0.25, 0.3) is 5.91 Å². The average Bonchev–Trinajstić information content (AvgIpc) is 2.70. The van der Waals surface area contributed by atoms with E-state index in [0.29, 0.717) is 24.4 Å². The van der Waals surface area contributed by atoms with E-state index >= 15 is 0 Å². The van der Waals surface area contributed by atoms with E-state index in [-0.39, 0.29) is 11.5 Å². The highest BCUT2D eigenvalue weighted by Crippen LogP contribution is 2.39. The normalized spacial score (nSPS) is 20.8. The summed E-state index contributed by atoms with van der Waals surface area (Å²) in [6, 6.07) is 14.3. The first-order chi connectivity index (χ1) is 13.5. The fourth-order valence-electron chi connectivity index (χ4n) is 4.33. The van der Waals surface area contributed by atoms with Gasteiger partial charge < -0.3 is 10.2 Å². The van der Waals surface area contributed by atoms with Gasteiger partial charge in [-0.15, -0.1) is 0 Å². The lowest BCUT2D eigenvalue weighted by Gasteiger charge is -2.37. The Kier molecular flexibility index (Phi) is 6.79. The zero-order chi connectivity index (χ0) is 20.1. The number of hydrogen-bond acceptors (Lipinski definition) is 2. The Morgan fingerprint density at radius 1 is 1.04 bits per heavy atom. The Bertz CT molecular complexity index is 786. The van der Waals surface area contributed by atoms with Crippen molar-refractivity contribution in [3.63, 3.8) is 0 Å². The molecule has 2 aromatic rings. The van der Waals surface area contributed by atoms with Crippen LogP contribution in [0.5, 0.6) is 0 Å². The smallest absolute Gasteiger partial charge is 0.251 e. The Labute approximate surface area is 165 Å². The van der Waals surface area contributed by atoms with E-state index in [1.807, 2.05) is 6.07 Å². The van der Waals surface area contributed by atoms with Crippen molar-refractivity contribution in [2.45, 2.75) is 31.7 Å². The van der Waals surface area contributed by atoms with Crippen LogP contribution in [0.25, 0.3) is 0 Å². The summed E-state index contributed by atoms with van der Waals surface area (Å²) in [6.07, 6.45) is 4.34. The maximum Gasteiger partial charge on any atom is 0.251 e. The molecule has 5 heteroatoms. The van der Waals surface area contributed by atoms with Crippen LogP contribution in [0.1, 0.15) is 47.6 Å². The molecule has 3 nitrogen and oxygen atoms in total. The Morgan fingerprint density at radius 2 is 1.71 bits per heavy atom. The molecule has 1 unspecified atom stereocenters. The van der Waals surface area contributed by atoms with Gasteiger partial charge in [0.15, 0.2) is 11.6 Å². The predicted molar refractivity (Wildman–Crippen MR) is 107 cm³/mol. The molecule has 150 valence electrons. The van der Waals surface area contributed by atoms with Crippen molar-refractivity contribution < 1.29 is 13.6 Å². The highest BCUT2D eigenvalue weighted by atomic mass is 19.2. The monoisotopic (exact) mass is 386 g/mol. The molecule has 1 fully saturated rings. The molecule has 2 aromatic carbocycles. The number of nitrogens with one attached hydrogen (secondary N) is 1. The molecule has 0 aliphatic heterocycles. The zero-order valence-corrected chi connectivity index (χ0v) is 16.5. The lowest BCUT2D eigenvalue weighted by molar-refractivity contribution is 0.0934. The quantitative estimate of drug-likeness (QED) is 0.773. The number of nitrogens with zero attached hydrogens (tertiary/aromatic N) is 1. The van der Waals surface area contributed by atoms with E-state index in [1.54, 1.807) is 0 Å². The van der Waals surface area contributed by atoms with Gasteiger partial charge in [0, 0.05) is 18.2 Å². The van der Waals surface area contributed by atoms with Crippen LogP contribution in [-0.2, 0) is 0 Å². The Balaban J connectivity index is 1.52. The van der Waals surface area contributed by atoms with Gasteiger partial charge in [0.2, 0.25) is 0 Å². The number of carbonyl (C=O) groups excluding carboxylic acids is 1. The maximum atomic E-state index is 13.3. The fourth-order valence-corrected chi connectivity index (χ4v) is 4.33. The van der Waals surface area contributed by atoms with Gasteiger partial charge in [0.1, 0.15) is 0 Å². The third-order valence-corrected chi connectivity index (χ3v) is 5.77. The molecule has 0 heterocycles. The van der Waals surface area contributed by atoms with E-state index in [9.17, 15) is 13.6 Å². The number of hydrogen-bond donors (Lipinski definition) is 1. The largest absolute Gasteiger partial charge is 0.352 e. The van der Waals surface area contributed by atoms with Crippen molar-refractivity contribution in [1.82, 2.24) is 10.2 Å². The lowest BCUT2D eigenvalue weighted by Crippen LogP contribution is -2.34. The molecule has 1 aliphatic rings. The molecular weight excluding hydrogens is 358 g/mol. The first-order valence-corrected chi connectivity index (χ1v) is 9.90. The van der Waals surface area contributed by atoms with E-state index in [0.717, 1.165) is 37.8 Å². The number of amides is 1. The van der Waals surface area contributed by atoms with Crippen molar-refractivity contribution in [2.24, 2.45) is 11.8 Å². The molecule has 1 N–H and O–H groups in total. The second-order valence-electron chi connectivity index (χ2n) is 7.94. The van der Waals surface area contributed by atoms with Gasteiger partial charge >= 0.3 is 0 Å². The van der Waals surface area contributed by atoms with Gasteiger partial charge in [-0.3, -0.25) is 4.79 Å². The third-order valence-electron chi connectivity index (χ3n) is 5.77. The second kappa shape index (κ2) is 9.28. The summed E-state index contributed by atoms with van der Waals surface area (Å²) in [5, 5.41) is 2.88. The number of rotatable bonds is 6. The molecule has 1 atom stereocenters. The lowest BCUT2D eigenvalue weighted by atomic mass is 9.76. The van der Waals surface area contributed by atoms with Crippen LogP contribution >= 0.6 is 0 Å². The van der Waals surface area contributed by atoms with Crippen molar-refractivity contribution in [2.75, 3.05) is 20.6 Å². The zero-order valence-electron chi connectivity index (χ0n) is 16.5. The summed E-state index contributed by atoms with van der Waals surface area (Å²) >= 11 is 0. The fraction of sp³-hybridized carbons (Fsp3) is 0.435. The van der Waals surface area contributed by atoms with Crippen LogP contribution in [-0.4, -0.2) is 31.4 Å². The van der Waals surface area contributed by atoms with E-state index in [1.165, 1.54) is 11.6 Å². The summed E-state index contributed by atoms with van der Waals surface area (Å²) < 4.78 is 26.3. The summed E-state index contributed by atoms with van der Waals surface area (Å²) in [5.41, 5.74) is 1.51. The minimum atomic E-state index is -0.996. The van der Waals surface area contributed by atoms with E-state index < -0.39 is 11.6 Å². The SMILES string of the molecule is CN(C)C(c1ccccc1)C1CCC(CNC(=O)c2ccc(F)c(F)c2)CC1. The molecule has 1 aliphatic carbocycles. The van der Waals surface area contributed by atoms with Gasteiger partial charge in [-0.1, -0.05) is 30.3 Å². The van der Waals surface area contributed by atoms with Gasteiger partial charge in [-0.2, -0.15) is 0 Å². The first kappa shape index (κ1) is 20.5. The second-order valence-corrected chi connectivity index (χ2v) is 7.94. The average molecular weight is 386 g/mol. The summed E-state index contributed by atoms with van der Waals surface area (Å²) in [6.45, 7) is 0.572. The predicted octanol–water partition coefficient (Wildman–Crippen LogP) is 4.80. The molecule has 1 saturated carbocycles. The van der Waals surface area contributed by atoms with Crippen molar-refractivity contribution in [3.8, 4) is 0 Å². The Morgan fingerprint density at radius 3 is 2.32 bits per heavy atom. The van der Waals surface area contributed by atoms with E-state index in [4.69, 9.17) is 0 Å². The third kappa shape index (κ3) is 4.96. The maximum absolute atomic E-state index is 13.3. The number of halogens is 2. The topological polar surface area (TPSA) is 32.3 Å². The van der Waals surface area contributed by atoms with Crippen LogP contribution in [0, 0.1) is 23.5 Å². The Hall–Kier alpha value is -2.27. The van der Waals surface area contributed by atoms with Crippen molar-refractivity contribution >= 4 is 5.91 Å². The van der Waals surface area contributed by atoms with E-state index in [2.05, 4.69) is 48.6 Å². The van der Waals surface area contributed by atoms with Gasteiger partial charge in [0.05, 0.1) is 0 Å². The highest BCUT2D eigenvalue weighted by molar-refractivity contribution is 5.94. The minimum Gasteiger partial charge on any atom is -0.352 e. The van der Waals surface area contributed by atoms with Crippen LogP contribution in [0.2, 0.25) is 0 Å². The van der Waals surface area contributed by atoms with Crippen LogP contribution in [0.4, 0.5) is 8.78 Å². The molecule has 0 saturated heterocycles. The van der Waals surface area contributed by atoms with Crippen LogP contribution in [0.3, 0.4) is 0 Å². The molecular formula is C23H28F2N2O. The number of carbonyl (C=O) groups is 1. The van der Waals surface area contributed by atoms with Crippen LogP contribution in [0.15, 0.2) is 48.5 Å². The molecule has 0 aromatic heterocycles. The molecule has 28 heavy (non-hydrogen) atoms. The molecule has 0 spiro atoms. The van der Waals surface area contributed by atoms with Crippen molar-refractivity contribution in [1.29, 1.82) is 0 Å². The summed E-state index contributed by atoms with van der Waals surface area (Å²) in [4.78, 5) is 14.5. The molecule has 0 radical (unpaired) electrons. The summed E-state index contributed by atoms with van der Waals surface area (Å²) in [5.74, 6) is -1.27.